The van der Waals surface area contributed by atoms with Crippen molar-refractivity contribution in [1.82, 2.24) is 5.32 Å². The number of fused-ring (bicyclic) bond motifs is 1. The normalized spacial score (nSPS) is 20.1. The highest BCUT2D eigenvalue weighted by Crippen LogP contribution is 2.41. The SMILES string of the molecule is CNCC1(c2cc3c(cc2C)OCO3)COC1. The zero-order valence-electron chi connectivity index (χ0n) is 10.2. The first-order valence-electron chi connectivity index (χ1n) is 5.88. The fourth-order valence-electron chi connectivity index (χ4n) is 2.65. The second-order valence-corrected chi connectivity index (χ2v) is 4.82. The molecular weight excluding hydrogens is 218 g/mol. The number of hydrogen-bond donors (Lipinski definition) is 1. The molecule has 2 heterocycles. The third-order valence-corrected chi connectivity index (χ3v) is 3.56. The van der Waals surface area contributed by atoms with Gasteiger partial charge in [0.25, 0.3) is 0 Å². The van der Waals surface area contributed by atoms with Gasteiger partial charge in [-0.3, -0.25) is 0 Å². The summed E-state index contributed by atoms with van der Waals surface area (Å²) in [5, 5.41) is 3.25. The summed E-state index contributed by atoms with van der Waals surface area (Å²) in [5.41, 5.74) is 2.65. The molecule has 3 rings (SSSR count). The largest absolute Gasteiger partial charge is 0.454 e. The van der Waals surface area contributed by atoms with Gasteiger partial charge >= 0.3 is 0 Å². The smallest absolute Gasteiger partial charge is 0.231 e. The second kappa shape index (κ2) is 3.89. The summed E-state index contributed by atoms with van der Waals surface area (Å²) in [7, 11) is 1.97. The Labute approximate surface area is 101 Å². The third-order valence-electron chi connectivity index (χ3n) is 3.56. The molecule has 2 aliphatic rings. The lowest BCUT2D eigenvalue weighted by Crippen LogP contribution is -2.53. The molecule has 0 amide bonds. The Morgan fingerprint density at radius 3 is 2.53 bits per heavy atom. The summed E-state index contributed by atoms with van der Waals surface area (Å²) in [6, 6.07) is 4.17. The number of hydrogen-bond acceptors (Lipinski definition) is 4. The predicted molar refractivity (Wildman–Crippen MR) is 63.7 cm³/mol. The van der Waals surface area contributed by atoms with E-state index in [2.05, 4.69) is 24.4 Å². The minimum atomic E-state index is 0.0970. The monoisotopic (exact) mass is 235 g/mol. The highest BCUT2D eigenvalue weighted by atomic mass is 16.7. The van der Waals surface area contributed by atoms with Crippen LogP contribution >= 0.6 is 0 Å². The maximum absolute atomic E-state index is 5.45. The standard InChI is InChI=1S/C13H17NO3/c1-9-3-11-12(17-8-16-11)4-10(9)13(5-14-2)6-15-7-13/h3-4,14H,5-8H2,1-2H3. The van der Waals surface area contributed by atoms with E-state index >= 15 is 0 Å². The van der Waals surface area contributed by atoms with Gasteiger partial charge in [0.05, 0.1) is 18.6 Å². The van der Waals surface area contributed by atoms with Crippen molar-refractivity contribution >= 4 is 0 Å². The first kappa shape index (κ1) is 10.9. The molecule has 0 aromatic heterocycles. The van der Waals surface area contributed by atoms with E-state index in [4.69, 9.17) is 14.2 Å². The lowest BCUT2D eigenvalue weighted by atomic mass is 9.76. The summed E-state index contributed by atoms with van der Waals surface area (Å²) < 4.78 is 16.2. The van der Waals surface area contributed by atoms with Gasteiger partial charge in [-0.2, -0.15) is 0 Å². The quantitative estimate of drug-likeness (QED) is 0.855. The van der Waals surface area contributed by atoms with Gasteiger partial charge in [-0.15, -0.1) is 0 Å². The Kier molecular flexibility index (Phi) is 2.49. The number of ether oxygens (including phenoxy) is 3. The minimum Gasteiger partial charge on any atom is -0.454 e. The number of nitrogens with one attached hydrogen (secondary N) is 1. The average molecular weight is 235 g/mol. The molecule has 0 radical (unpaired) electrons. The van der Waals surface area contributed by atoms with Crippen LogP contribution in [0, 0.1) is 6.92 Å². The predicted octanol–water partition coefficient (Wildman–Crippen LogP) is 1.21. The highest BCUT2D eigenvalue weighted by molar-refractivity contribution is 5.51. The maximum atomic E-state index is 5.45. The number of likely N-dealkylation sites (N-methyl/N-ethyl adjacent to an activating group) is 1. The van der Waals surface area contributed by atoms with Crippen molar-refractivity contribution in [3.63, 3.8) is 0 Å². The van der Waals surface area contributed by atoms with E-state index in [1.807, 2.05) is 7.05 Å². The van der Waals surface area contributed by atoms with Crippen LogP contribution in [0.25, 0.3) is 0 Å². The van der Waals surface area contributed by atoms with Crippen molar-refractivity contribution in [2.45, 2.75) is 12.3 Å². The molecule has 0 atom stereocenters. The Hall–Kier alpha value is -1.26. The summed E-state index contributed by atoms with van der Waals surface area (Å²) in [6.07, 6.45) is 0. The van der Waals surface area contributed by atoms with Crippen molar-refractivity contribution in [2.24, 2.45) is 0 Å². The van der Waals surface area contributed by atoms with Crippen molar-refractivity contribution < 1.29 is 14.2 Å². The zero-order valence-corrected chi connectivity index (χ0v) is 10.2. The lowest BCUT2D eigenvalue weighted by Gasteiger charge is -2.42. The van der Waals surface area contributed by atoms with Gasteiger partial charge in [0.1, 0.15) is 0 Å². The summed E-state index contributed by atoms with van der Waals surface area (Å²) in [4.78, 5) is 0. The van der Waals surface area contributed by atoms with E-state index in [-0.39, 0.29) is 5.41 Å². The van der Waals surface area contributed by atoms with Crippen LogP contribution in [-0.2, 0) is 10.2 Å². The van der Waals surface area contributed by atoms with Crippen molar-refractivity contribution in [2.75, 3.05) is 33.6 Å². The molecule has 17 heavy (non-hydrogen) atoms. The van der Waals surface area contributed by atoms with E-state index in [1.165, 1.54) is 11.1 Å². The van der Waals surface area contributed by atoms with Crippen molar-refractivity contribution in [1.29, 1.82) is 0 Å². The average Bonchev–Trinajstić information content (AvgIpc) is 2.69. The maximum Gasteiger partial charge on any atom is 0.231 e. The Morgan fingerprint density at radius 1 is 1.24 bits per heavy atom. The molecule has 4 heteroatoms. The topological polar surface area (TPSA) is 39.7 Å². The van der Waals surface area contributed by atoms with E-state index in [0.717, 1.165) is 31.3 Å². The molecule has 1 fully saturated rings. The summed E-state index contributed by atoms with van der Waals surface area (Å²) >= 11 is 0. The molecule has 0 unspecified atom stereocenters. The fourth-order valence-corrected chi connectivity index (χ4v) is 2.65. The molecule has 1 aromatic carbocycles. The Balaban J connectivity index is 2.02. The van der Waals surface area contributed by atoms with Gasteiger partial charge in [0.2, 0.25) is 6.79 Å². The van der Waals surface area contributed by atoms with Crippen LogP contribution in [0.2, 0.25) is 0 Å². The molecule has 1 saturated heterocycles. The number of aryl methyl sites for hydroxylation is 1. The third kappa shape index (κ3) is 1.59. The highest BCUT2D eigenvalue weighted by Gasteiger charge is 2.41. The molecular formula is C13H17NO3. The molecule has 2 aliphatic heterocycles. The van der Waals surface area contributed by atoms with Gasteiger partial charge in [-0.25, -0.2) is 0 Å². The van der Waals surface area contributed by atoms with Crippen LogP contribution in [0.3, 0.4) is 0 Å². The van der Waals surface area contributed by atoms with E-state index in [1.54, 1.807) is 0 Å². The van der Waals surface area contributed by atoms with Crippen LogP contribution in [0.1, 0.15) is 11.1 Å². The van der Waals surface area contributed by atoms with Crippen LogP contribution in [0.5, 0.6) is 11.5 Å². The van der Waals surface area contributed by atoms with Gasteiger partial charge < -0.3 is 19.5 Å². The van der Waals surface area contributed by atoms with Gasteiger partial charge in [0, 0.05) is 6.54 Å². The van der Waals surface area contributed by atoms with E-state index < -0.39 is 0 Å². The van der Waals surface area contributed by atoms with Crippen LogP contribution in [0.15, 0.2) is 12.1 Å². The van der Waals surface area contributed by atoms with Crippen molar-refractivity contribution in [3.05, 3.63) is 23.3 Å². The van der Waals surface area contributed by atoms with Gasteiger partial charge in [-0.1, -0.05) is 0 Å². The van der Waals surface area contributed by atoms with Crippen LogP contribution < -0.4 is 14.8 Å². The van der Waals surface area contributed by atoms with Crippen LogP contribution in [0.4, 0.5) is 0 Å². The van der Waals surface area contributed by atoms with Gasteiger partial charge in [0.15, 0.2) is 11.5 Å². The zero-order chi connectivity index (χ0) is 11.9. The molecule has 0 spiro atoms. The lowest BCUT2D eigenvalue weighted by molar-refractivity contribution is -0.0586. The number of rotatable bonds is 3. The number of benzene rings is 1. The van der Waals surface area contributed by atoms with E-state index in [9.17, 15) is 0 Å². The Morgan fingerprint density at radius 2 is 1.94 bits per heavy atom. The van der Waals surface area contributed by atoms with Crippen molar-refractivity contribution in [3.8, 4) is 11.5 Å². The van der Waals surface area contributed by atoms with Crippen LogP contribution in [-0.4, -0.2) is 33.6 Å². The molecule has 1 N–H and O–H groups in total. The van der Waals surface area contributed by atoms with E-state index in [0.29, 0.717) is 6.79 Å². The molecule has 92 valence electrons. The molecule has 1 aromatic rings. The first-order chi connectivity index (χ1) is 8.25. The molecule has 0 bridgehead atoms. The molecule has 0 saturated carbocycles. The molecule has 0 aliphatic carbocycles. The Bertz CT molecular complexity index is 441. The fraction of sp³-hybridized carbons (Fsp3) is 0.538. The summed E-state index contributed by atoms with van der Waals surface area (Å²) in [6.45, 7) is 4.91. The first-order valence-corrected chi connectivity index (χ1v) is 5.88. The second-order valence-electron chi connectivity index (χ2n) is 4.82. The van der Waals surface area contributed by atoms with Gasteiger partial charge in [-0.05, 0) is 37.2 Å². The summed E-state index contributed by atoms with van der Waals surface area (Å²) in [5.74, 6) is 1.71. The minimum absolute atomic E-state index is 0.0970. The molecule has 4 nitrogen and oxygen atoms in total.